The summed E-state index contributed by atoms with van der Waals surface area (Å²) in [7, 11) is 6.30. The molecular formula is C28H34N2O6. The van der Waals surface area contributed by atoms with Crippen molar-refractivity contribution >= 4 is 24.0 Å². The molecule has 0 radical (unpaired) electrons. The van der Waals surface area contributed by atoms with Crippen LogP contribution in [0.1, 0.15) is 25.0 Å². The topological polar surface area (TPSA) is 77.5 Å². The number of hydrogen-bond donors (Lipinski definition) is 0. The number of nitrogens with zero attached hydrogens (tertiary/aromatic N) is 2. The van der Waals surface area contributed by atoms with Gasteiger partial charge in [-0.2, -0.15) is 0 Å². The monoisotopic (exact) mass is 494 g/mol. The second kappa shape index (κ2) is 12.2. The van der Waals surface area contributed by atoms with Crippen LogP contribution < -0.4 is 18.9 Å². The van der Waals surface area contributed by atoms with Crippen LogP contribution in [0.3, 0.4) is 0 Å². The zero-order valence-corrected chi connectivity index (χ0v) is 21.7. The molecular weight excluding hydrogens is 460 g/mol. The van der Waals surface area contributed by atoms with Gasteiger partial charge in [-0.25, -0.2) is 0 Å². The van der Waals surface area contributed by atoms with E-state index in [1.54, 1.807) is 74.7 Å². The van der Waals surface area contributed by atoms with Crippen LogP contribution in [-0.4, -0.2) is 75.2 Å². The minimum absolute atomic E-state index is 0.0999. The summed E-state index contributed by atoms with van der Waals surface area (Å²) in [5.41, 5.74) is 1.66. The molecule has 36 heavy (non-hydrogen) atoms. The summed E-state index contributed by atoms with van der Waals surface area (Å²) in [6, 6.07) is 10.7. The number of rotatable bonds is 8. The van der Waals surface area contributed by atoms with Crippen molar-refractivity contribution in [2.24, 2.45) is 0 Å². The van der Waals surface area contributed by atoms with E-state index < -0.39 is 0 Å². The Balaban J connectivity index is 1.64. The third kappa shape index (κ3) is 6.19. The van der Waals surface area contributed by atoms with Crippen LogP contribution in [-0.2, 0) is 9.59 Å². The summed E-state index contributed by atoms with van der Waals surface area (Å²) in [5, 5.41) is 0. The first-order valence-corrected chi connectivity index (χ1v) is 11.7. The van der Waals surface area contributed by atoms with Crippen molar-refractivity contribution in [2.45, 2.75) is 25.9 Å². The van der Waals surface area contributed by atoms with Crippen molar-refractivity contribution in [3.63, 3.8) is 0 Å². The summed E-state index contributed by atoms with van der Waals surface area (Å²) >= 11 is 0. The van der Waals surface area contributed by atoms with Gasteiger partial charge < -0.3 is 28.7 Å². The first kappa shape index (κ1) is 26.7. The standard InChI is InChI=1S/C28H34N2O6/c1-19-17-30(28(32)14-10-22-8-12-24(34-4)26(16-22)36-6)20(2)18-29(19)27(31)13-9-21-7-11-23(33-3)25(15-21)35-5/h7-16,19-20H,17-18H2,1-6H3/b13-9-,14-10+/t19-,20-/m0/s1. The van der Waals surface area contributed by atoms with Crippen molar-refractivity contribution in [2.75, 3.05) is 41.5 Å². The lowest BCUT2D eigenvalue weighted by molar-refractivity contribution is -0.139. The van der Waals surface area contributed by atoms with Gasteiger partial charge in [0.2, 0.25) is 11.8 Å². The molecule has 0 aliphatic carbocycles. The van der Waals surface area contributed by atoms with Gasteiger partial charge in [0.15, 0.2) is 23.0 Å². The molecule has 2 aromatic rings. The van der Waals surface area contributed by atoms with Gasteiger partial charge in [-0.05, 0) is 61.4 Å². The molecule has 192 valence electrons. The molecule has 1 aliphatic heterocycles. The minimum atomic E-state index is -0.123. The molecule has 1 fully saturated rings. The molecule has 2 amide bonds. The van der Waals surface area contributed by atoms with Gasteiger partial charge in [-0.1, -0.05) is 12.1 Å². The number of hydrogen-bond acceptors (Lipinski definition) is 6. The predicted molar refractivity (Wildman–Crippen MR) is 140 cm³/mol. The fraction of sp³-hybridized carbons (Fsp3) is 0.357. The molecule has 0 unspecified atom stereocenters. The molecule has 1 aliphatic rings. The number of benzene rings is 2. The Bertz CT molecular complexity index is 1050. The van der Waals surface area contributed by atoms with Crippen molar-refractivity contribution in [3.05, 3.63) is 59.7 Å². The molecule has 0 aromatic heterocycles. The summed E-state index contributed by atoms with van der Waals surface area (Å²) in [5.74, 6) is 2.26. The molecule has 3 rings (SSSR count). The number of carbonyl (C=O) groups is 2. The van der Waals surface area contributed by atoms with Crippen LogP contribution >= 0.6 is 0 Å². The van der Waals surface area contributed by atoms with Crippen LogP contribution in [0.5, 0.6) is 23.0 Å². The van der Waals surface area contributed by atoms with Crippen molar-refractivity contribution in [1.82, 2.24) is 9.80 Å². The van der Waals surface area contributed by atoms with E-state index in [0.29, 0.717) is 36.1 Å². The summed E-state index contributed by atoms with van der Waals surface area (Å²) in [6.07, 6.45) is 6.62. The maximum absolute atomic E-state index is 12.9. The smallest absolute Gasteiger partial charge is 0.246 e. The average molecular weight is 495 g/mol. The van der Waals surface area contributed by atoms with Gasteiger partial charge in [0.1, 0.15) is 0 Å². The van der Waals surface area contributed by atoms with Gasteiger partial charge in [0.25, 0.3) is 0 Å². The van der Waals surface area contributed by atoms with Crippen LogP contribution in [0.25, 0.3) is 12.2 Å². The molecule has 2 atom stereocenters. The number of ether oxygens (including phenoxy) is 4. The molecule has 1 saturated heterocycles. The molecule has 2 aromatic carbocycles. The quantitative estimate of drug-likeness (QED) is 0.518. The number of carbonyl (C=O) groups excluding carboxylic acids is 2. The Morgan fingerprint density at radius 2 is 1.03 bits per heavy atom. The Hall–Kier alpha value is -3.94. The van der Waals surface area contributed by atoms with E-state index in [2.05, 4.69) is 0 Å². The zero-order chi connectivity index (χ0) is 26.2. The maximum Gasteiger partial charge on any atom is 0.246 e. The Morgan fingerprint density at radius 3 is 1.36 bits per heavy atom. The molecule has 0 N–H and O–H groups in total. The number of methoxy groups -OCH3 is 4. The van der Waals surface area contributed by atoms with E-state index in [-0.39, 0.29) is 23.9 Å². The highest BCUT2D eigenvalue weighted by Crippen LogP contribution is 2.29. The Labute approximate surface area is 212 Å². The molecule has 0 bridgehead atoms. The third-order valence-corrected chi connectivity index (χ3v) is 6.20. The lowest BCUT2D eigenvalue weighted by Gasteiger charge is -2.43. The van der Waals surface area contributed by atoms with Crippen molar-refractivity contribution < 1.29 is 28.5 Å². The van der Waals surface area contributed by atoms with E-state index in [0.717, 1.165) is 11.1 Å². The third-order valence-electron chi connectivity index (χ3n) is 6.20. The second-order valence-electron chi connectivity index (χ2n) is 8.57. The van der Waals surface area contributed by atoms with Gasteiger partial charge >= 0.3 is 0 Å². The molecule has 8 heteroatoms. The normalized spacial score (nSPS) is 17.9. The summed E-state index contributed by atoms with van der Waals surface area (Å²) < 4.78 is 21.2. The SMILES string of the molecule is COc1ccc(/C=C\C(=O)N2C[C@H](C)N(C(=O)/C=C/c3ccc(OC)c(OC)c3)C[C@@H]2C)cc1OC. The van der Waals surface area contributed by atoms with E-state index in [1.807, 2.05) is 38.1 Å². The molecule has 1 heterocycles. The lowest BCUT2D eigenvalue weighted by Crippen LogP contribution is -2.59. The second-order valence-corrected chi connectivity index (χ2v) is 8.57. The number of amides is 2. The van der Waals surface area contributed by atoms with Crippen LogP contribution in [0.2, 0.25) is 0 Å². The first-order chi connectivity index (χ1) is 17.3. The summed E-state index contributed by atoms with van der Waals surface area (Å²) in [6.45, 7) is 4.80. The zero-order valence-electron chi connectivity index (χ0n) is 21.7. The molecule has 0 spiro atoms. The maximum atomic E-state index is 12.9. The van der Waals surface area contributed by atoms with Crippen molar-refractivity contribution in [1.29, 1.82) is 0 Å². The Kier molecular flexibility index (Phi) is 9.00. The predicted octanol–water partition coefficient (Wildman–Crippen LogP) is 3.90. The summed E-state index contributed by atoms with van der Waals surface area (Å²) in [4.78, 5) is 29.5. The van der Waals surface area contributed by atoms with Gasteiger partial charge in [-0.15, -0.1) is 0 Å². The van der Waals surface area contributed by atoms with E-state index in [4.69, 9.17) is 18.9 Å². The lowest BCUT2D eigenvalue weighted by atomic mass is 10.1. The van der Waals surface area contributed by atoms with Crippen LogP contribution in [0, 0.1) is 0 Å². The largest absolute Gasteiger partial charge is 0.493 e. The van der Waals surface area contributed by atoms with E-state index >= 15 is 0 Å². The van der Waals surface area contributed by atoms with Crippen LogP contribution in [0.15, 0.2) is 48.6 Å². The Morgan fingerprint density at radius 1 is 0.667 bits per heavy atom. The van der Waals surface area contributed by atoms with E-state index in [9.17, 15) is 9.59 Å². The molecule has 8 nitrogen and oxygen atoms in total. The highest BCUT2D eigenvalue weighted by molar-refractivity contribution is 5.94. The van der Waals surface area contributed by atoms with Gasteiger partial charge in [0.05, 0.1) is 28.4 Å². The van der Waals surface area contributed by atoms with E-state index in [1.165, 1.54) is 0 Å². The van der Waals surface area contributed by atoms with Gasteiger partial charge in [0, 0.05) is 37.3 Å². The fourth-order valence-corrected chi connectivity index (χ4v) is 4.18. The highest BCUT2D eigenvalue weighted by Gasteiger charge is 2.32. The number of piperazine rings is 1. The first-order valence-electron chi connectivity index (χ1n) is 11.7. The minimum Gasteiger partial charge on any atom is -0.493 e. The van der Waals surface area contributed by atoms with Crippen molar-refractivity contribution in [3.8, 4) is 23.0 Å². The van der Waals surface area contributed by atoms with Crippen LogP contribution in [0.4, 0.5) is 0 Å². The molecule has 0 saturated carbocycles. The fourth-order valence-electron chi connectivity index (χ4n) is 4.18. The average Bonchev–Trinajstić information content (AvgIpc) is 2.90. The van der Waals surface area contributed by atoms with Gasteiger partial charge in [-0.3, -0.25) is 9.59 Å². The highest BCUT2D eigenvalue weighted by atomic mass is 16.5.